The number of rotatable bonds is 7. The van der Waals surface area contributed by atoms with E-state index in [1.807, 2.05) is 0 Å². The molecule has 1 amide bonds. The molecule has 31 heavy (non-hydrogen) atoms. The van der Waals surface area contributed by atoms with Crippen LogP contribution in [0.1, 0.15) is 116 Å². The van der Waals surface area contributed by atoms with E-state index in [4.69, 9.17) is 9.31 Å². The zero-order valence-electron chi connectivity index (χ0n) is 21.5. The number of benzene rings is 1. The number of hydrogen-bond donors (Lipinski definition) is 1. The summed E-state index contributed by atoms with van der Waals surface area (Å²) in [5, 5.41) is 2.96. The molecule has 1 aromatic carbocycles. The lowest BCUT2D eigenvalue weighted by molar-refractivity contribution is -0.118. The van der Waals surface area contributed by atoms with Gasteiger partial charge in [0.2, 0.25) is 5.91 Å². The van der Waals surface area contributed by atoms with Crippen LogP contribution in [0, 0.1) is 0 Å². The van der Waals surface area contributed by atoms with Crippen LogP contribution < -0.4 is 5.32 Å². The molecule has 5 heteroatoms. The SMILES string of the molecule is CC(=O)NCC(=Cc1c(C(C)C)cc(C(C)C)cc1C(C)C)B1OC(C)(C)C(C)(C)O1. The molecular weight excluding hydrogens is 385 g/mol. The summed E-state index contributed by atoms with van der Waals surface area (Å²) < 4.78 is 12.7. The largest absolute Gasteiger partial charge is 0.492 e. The molecule has 0 spiro atoms. The van der Waals surface area contributed by atoms with Gasteiger partial charge in [-0.25, -0.2) is 0 Å². The van der Waals surface area contributed by atoms with Gasteiger partial charge in [-0.3, -0.25) is 4.79 Å². The predicted molar refractivity (Wildman–Crippen MR) is 131 cm³/mol. The summed E-state index contributed by atoms with van der Waals surface area (Å²) in [5.74, 6) is 1.16. The Morgan fingerprint density at radius 3 is 1.74 bits per heavy atom. The van der Waals surface area contributed by atoms with Crippen molar-refractivity contribution in [1.29, 1.82) is 0 Å². The van der Waals surface area contributed by atoms with Crippen LogP contribution in [0.25, 0.3) is 6.08 Å². The molecule has 0 atom stereocenters. The van der Waals surface area contributed by atoms with Gasteiger partial charge in [-0.2, -0.15) is 0 Å². The van der Waals surface area contributed by atoms with Crippen molar-refractivity contribution in [3.8, 4) is 0 Å². The quantitative estimate of drug-likeness (QED) is 0.527. The second kappa shape index (κ2) is 9.50. The van der Waals surface area contributed by atoms with Crippen LogP contribution in [0.5, 0.6) is 0 Å². The third kappa shape index (κ3) is 5.81. The maximum Gasteiger partial charge on any atom is 0.492 e. The van der Waals surface area contributed by atoms with E-state index in [0.29, 0.717) is 24.3 Å². The molecule has 0 saturated carbocycles. The van der Waals surface area contributed by atoms with Crippen molar-refractivity contribution in [3.63, 3.8) is 0 Å². The smallest absolute Gasteiger partial charge is 0.400 e. The van der Waals surface area contributed by atoms with Gasteiger partial charge in [-0.1, -0.05) is 59.8 Å². The molecule has 1 saturated heterocycles. The van der Waals surface area contributed by atoms with E-state index in [9.17, 15) is 4.79 Å². The highest BCUT2D eigenvalue weighted by atomic mass is 16.7. The molecule has 1 aromatic rings. The Kier molecular flexibility index (Phi) is 7.87. The van der Waals surface area contributed by atoms with Crippen molar-refractivity contribution >= 4 is 19.1 Å². The molecule has 2 rings (SSSR count). The van der Waals surface area contributed by atoms with E-state index < -0.39 is 18.3 Å². The van der Waals surface area contributed by atoms with Crippen molar-refractivity contribution in [2.24, 2.45) is 0 Å². The average molecular weight is 427 g/mol. The van der Waals surface area contributed by atoms with E-state index in [2.05, 4.69) is 92.8 Å². The standard InChI is InChI=1S/C26H42BNO3/c1-16(2)20-12-22(17(3)4)24(23(13-20)18(5)6)14-21(15-28-19(7)29)27-30-25(8,9)26(10,11)31-27/h12-14,16-18H,15H2,1-11H3,(H,28,29). The molecule has 1 aliphatic heterocycles. The summed E-state index contributed by atoms with van der Waals surface area (Å²) in [6.45, 7) is 23.6. The fourth-order valence-electron chi connectivity index (χ4n) is 3.79. The summed E-state index contributed by atoms with van der Waals surface area (Å²) >= 11 is 0. The fraction of sp³-hybridized carbons (Fsp3) is 0.654. The van der Waals surface area contributed by atoms with Gasteiger partial charge in [0.1, 0.15) is 0 Å². The maximum atomic E-state index is 11.7. The summed E-state index contributed by atoms with van der Waals surface area (Å²) in [6, 6.07) is 4.68. The Morgan fingerprint density at radius 1 is 0.935 bits per heavy atom. The van der Waals surface area contributed by atoms with E-state index in [1.54, 1.807) is 6.92 Å². The maximum absolute atomic E-state index is 11.7. The molecule has 1 heterocycles. The lowest BCUT2D eigenvalue weighted by Crippen LogP contribution is -2.41. The second-order valence-corrected chi connectivity index (χ2v) is 10.8. The minimum absolute atomic E-state index is 0.0641. The first-order valence-corrected chi connectivity index (χ1v) is 11.6. The number of hydrogen-bond acceptors (Lipinski definition) is 3. The Morgan fingerprint density at radius 2 is 1.39 bits per heavy atom. The molecule has 0 radical (unpaired) electrons. The summed E-state index contributed by atoms with van der Waals surface area (Å²) in [7, 11) is -0.498. The predicted octanol–water partition coefficient (Wildman–Crippen LogP) is 6.21. The van der Waals surface area contributed by atoms with Crippen LogP contribution in [-0.4, -0.2) is 30.8 Å². The number of carbonyl (C=O) groups excluding carboxylic acids is 1. The highest BCUT2D eigenvalue weighted by Crippen LogP contribution is 2.40. The fourth-order valence-corrected chi connectivity index (χ4v) is 3.79. The summed E-state index contributed by atoms with van der Waals surface area (Å²) in [5.41, 5.74) is 5.31. The zero-order chi connectivity index (χ0) is 23.7. The first-order valence-electron chi connectivity index (χ1n) is 11.6. The molecule has 0 unspecified atom stereocenters. The third-order valence-electron chi connectivity index (χ3n) is 6.60. The third-order valence-corrected chi connectivity index (χ3v) is 6.60. The lowest BCUT2D eigenvalue weighted by atomic mass is 9.74. The van der Waals surface area contributed by atoms with E-state index >= 15 is 0 Å². The van der Waals surface area contributed by atoms with Crippen LogP contribution >= 0.6 is 0 Å². The minimum Gasteiger partial charge on any atom is -0.400 e. The normalized spacial score (nSPS) is 18.4. The first-order chi connectivity index (χ1) is 14.2. The Bertz CT molecular complexity index is 792. The van der Waals surface area contributed by atoms with Crippen molar-refractivity contribution in [2.75, 3.05) is 6.54 Å². The van der Waals surface area contributed by atoms with Gasteiger partial charge < -0.3 is 14.6 Å². The number of nitrogens with one attached hydrogen (secondary N) is 1. The summed E-state index contributed by atoms with van der Waals surface area (Å²) in [6.07, 6.45) is 2.20. The van der Waals surface area contributed by atoms with Gasteiger partial charge in [0, 0.05) is 13.5 Å². The van der Waals surface area contributed by atoms with Crippen LogP contribution in [0.2, 0.25) is 0 Å². The number of amides is 1. The van der Waals surface area contributed by atoms with Gasteiger partial charge in [0.25, 0.3) is 0 Å². The van der Waals surface area contributed by atoms with Crippen LogP contribution in [-0.2, 0) is 14.1 Å². The average Bonchev–Trinajstić information content (AvgIpc) is 2.84. The zero-order valence-corrected chi connectivity index (χ0v) is 21.5. The lowest BCUT2D eigenvalue weighted by Gasteiger charge is -2.32. The number of carbonyl (C=O) groups is 1. The second-order valence-electron chi connectivity index (χ2n) is 10.8. The van der Waals surface area contributed by atoms with Gasteiger partial charge in [-0.05, 0) is 73.2 Å². The highest BCUT2D eigenvalue weighted by Gasteiger charge is 2.52. The Balaban J connectivity index is 2.67. The summed E-state index contributed by atoms with van der Waals surface area (Å²) in [4.78, 5) is 11.7. The van der Waals surface area contributed by atoms with Crippen LogP contribution in [0.15, 0.2) is 17.6 Å². The van der Waals surface area contributed by atoms with E-state index in [-0.39, 0.29) is 5.91 Å². The van der Waals surface area contributed by atoms with Gasteiger partial charge in [-0.15, -0.1) is 0 Å². The molecule has 4 nitrogen and oxygen atoms in total. The van der Waals surface area contributed by atoms with E-state index in [1.165, 1.54) is 22.3 Å². The van der Waals surface area contributed by atoms with Crippen molar-refractivity contribution < 1.29 is 14.1 Å². The molecule has 172 valence electrons. The van der Waals surface area contributed by atoms with Gasteiger partial charge in [0.05, 0.1) is 11.2 Å². The van der Waals surface area contributed by atoms with Gasteiger partial charge >= 0.3 is 7.12 Å². The molecule has 1 fully saturated rings. The van der Waals surface area contributed by atoms with Crippen molar-refractivity contribution in [1.82, 2.24) is 5.32 Å². The van der Waals surface area contributed by atoms with E-state index in [0.717, 1.165) is 5.47 Å². The molecule has 0 bridgehead atoms. The molecule has 0 aromatic heterocycles. The molecule has 0 aliphatic carbocycles. The van der Waals surface area contributed by atoms with Crippen molar-refractivity contribution in [2.45, 2.75) is 105 Å². The molecular formula is C26H42BNO3. The van der Waals surface area contributed by atoms with Crippen LogP contribution in [0.3, 0.4) is 0 Å². The molecule has 1 aliphatic rings. The van der Waals surface area contributed by atoms with Gasteiger partial charge in [0.15, 0.2) is 0 Å². The topological polar surface area (TPSA) is 47.6 Å². The van der Waals surface area contributed by atoms with Crippen molar-refractivity contribution in [3.05, 3.63) is 39.9 Å². The first kappa shape index (κ1) is 25.7. The molecule has 1 N–H and O–H groups in total. The monoisotopic (exact) mass is 427 g/mol. The Labute approximate surface area is 190 Å². The van der Waals surface area contributed by atoms with Crippen LogP contribution in [0.4, 0.5) is 0 Å². The Hall–Kier alpha value is -1.59. The minimum atomic E-state index is -0.498. The highest BCUT2D eigenvalue weighted by molar-refractivity contribution is 6.56.